The number of carbonyl (C=O) groups is 1. The van der Waals surface area contributed by atoms with Crippen LogP contribution in [0.5, 0.6) is 0 Å². The Bertz CT molecular complexity index is 461. The van der Waals surface area contributed by atoms with Crippen LogP contribution in [0.4, 0.5) is 5.13 Å². The Morgan fingerprint density at radius 3 is 3.37 bits per heavy atom. The number of amides is 1. The van der Waals surface area contributed by atoms with Crippen LogP contribution in [-0.2, 0) is 11.3 Å². The molecule has 2 aliphatic rings. The van der Waals surface area contributed by atoms with Gasteiger partial charge in [-0.25, -0.2) is 4.98 Å². The van der Waals surface area contributed by atoms with E-state index in [1.54, 1.807) is 0 Å². The number of fused-ring (bicyclic) bond motifs is 1. The predicted molar refractivity (Wildman–Crippen MR) is 76.2 cm³/mol. The van der Waals surface area contributed by atoms with Crippen molar-refractivity contribution in [1.29, 1.82) is 0 Å². The van der Waals surface area contributed by atoms with Gasteiger partial charge in [0.2, 0.25) is 5.91 Å². The van der Waals surface area contributed by atoms with E-state index in [1.165, 1.54) is 31.1 Å². The fourth-order valence-corrected chi connectivity index (χ4v) is 3.90. The minimum absolute atomic E-state index is 0.0565. The summed E-state index contributed by atoms with van der Waals surface area (Å²) in [5.41, 5.74) is 1.07. The number of hydrogen-bond donors (Lipinski definition) is 2. The first-order valence-electron chi connectivity index (χ1n) is 6.89. The molecule has 2 unspecified atom stereocenters. The molecular weight excluding hydrogens is 260 g/mol. The van der Waals surface area contributed by atoms with Gasteiger partial charge in [0.1, 0.15) is 0 Å². The lowest BCUT2D eigenvalue weighted by Crippen LogP contribution is -2.44. The number of piperidine rings is 1. The fourth-order valence-electron chi connectivity index (χ4n) is 3.16. The smallest absolute Gasteiger partial charge is 0.223 e. The lowest BCUT2D eigenvalue weighted by atomic mass is 9.92. The Hall–Kier alpha value is -0.980. The molecule has 0 aliphatic carbocycles. The third-order valence-corrected chi connectivity index (χ3v) is 4.80. The molecule has 1 amide bonds. The van der Waals surface area contributed by atoms with Crippen LogP contribution in [-0.4, -0.2) is 41.5 Å². The monoisotopic (exact) mass is 280 g/mol. The molecule has 0 aromatic carbocycles. The molecule has 3 rings (SSSR count). The highest BCUT2D eigenvalue weighted by Gasteiger charge is 2.34. The van der Waals surface area contributed by atoms with Crippen molar-refractivity contribution < 1.29 is 4.79 Å². The molecule has 1 aromatic rings. The second kappa shape index (κ2) is 5.56. The van der Waals surface area contributed by atoms with E-state index in [2.05, 4.69) is 25.9 Å². The quantitative estimate of drug-likeness (QED) is 0.876. The summed E-state index contributed by atoms with van der Waals surface area (Å²) in [6.07, 6.45) is 2.63. The topological polar surface area (TPSA) is 57.3 Å². The number of thiazole rings is 1. The second-order valence-electron chi connectivity index (χ2n) is 5.42. The molecule has 5 nitrogen and oxygen atoms in total. The number of likely N-dealkylation sites (tertiary alicyclic amines) is 1. The molecule has 2 fully saturated rings. The first kappa shape index (κ1) is 13.0. The van der Waals surface area contributed by atoms with Gasteiger partial charge in [0.25, 0.3) is 0 Å². The molecule has 3 heterocycles. The molecular formula is C13H20N4OS. The number of anilines is 1. The number of hydrogen-bond acceptors (Lipinski definition) is 5. The molecule has 0 radical (unpaired) electrons. The molecule has 19 heavy (non-hydrogen) atoms. The Kier molecular flexibility index (Phi) is 3.81. The number of nitrogens with one attached hydrogen (secondary N) is 2. The predicted octanol–water partition coefficient (Wildman–Crippen LogP) is 1.29. The molecule has 2 aliphatic heterocycles. The van der Waals surface area contributed by atoms with Crippen LogP contribution in [0.1, 0.15) is 25.5 Å². The van der Waals surface area contributed by atoms with Crippen LogP contribution in [0.15, 0.2) is 5.38 Å². The summed E-state index contributed by atoms with van der Waals surface area (Å²) in [6.45, 7) is 5.85. The van der Waals surface area contributed by atoms with E-state index in [1.807, 2.05) is 0 Å². The molecule has 2 atom stereocenters. The maximum atomic E-state index is 11.0. The van der Waals surface area contributed by atoms with Gasteiger partial charge in [0.05, 0.1) is 5.69 Å². The molecule has 0 saturated carbocycles. The summed E-state index contributed by atoms with van der Waals surface area (Å²) < 4.78 is 0. The largest absolute Gasteiger partial charge is 0.315 e. The maximum Gasteiger partial charge on any atom is 0.223 e. The Balaban J connectivity index is 1.63. The zero-order valence-electron chi connectivity index (χ0n) is 11.2. The first-order valence-corrected chi connectivity index (χ1v) is 7.77. The van der Waals surface area contributed by atoms with E-state index in [9.17, 15) is 4.79 Å². The van der Waals surface area contributed by atoms with Crippen LogP contribution < -0.4 is 10.6 Å². The van der Waals surface area contributed by atoms with Crippen LogP contribution in [0.25, 0.3) is 0 Å². The second-order valence-corrected chi connectivity index (χ2v) is 6.28. The SMILES string of the molecule is CC(=O)Nc1nc(CN2CCCC3CNCC32)cs1. The average molecular weight is 280 g/mol. The van der Waals surface area contributed by atoms with Gasteiger partial charge in [-0.1, -0.05) is 0 Å². The van der Waals surface area contributed by atoms with Gasteiger partial charge in [-0.3, -0.25) is 9.69 Å². The van der Waals surface area contributed by atoms with Crippen molar-refractivity contribution in [3.63, 3.8) is 0 Å². The van der Waals surface area contributed by atoms with Gasteiger partial charge in [0, 0.05) is 31.4 Å². The van der Waals surface area contributed by atoms with Crippen molar-refractivity contribution >= 4 is 22.4 Å². The lowest BCUT2D eigenvalue weighted by molar-refractivity contribution is -0.114. The third kappa shape index (κ3) is 2.96. The number of rotatable bonds is 3. The summed E-state index contributed by atoms with van der Waals surface area (Å²) in [5, 5.41) is 9.00. The Morgan fingerprint density at radius 2 is 2.53 bits per heavy atom. The normalized spacial score (nSPS) is 27.2. The van der Waals surface area contributed by atoms with Gasteiger partial charge in [-0.05, 0) is 31.8 Å². The molecule has 2 saturated heterocycles. The summed E-state index contributed by atoms with van der Waals surface area (Å²) in [7, 11) is 0. The first-order chi connectivity index (χ1) is 9.22. The molecule has 6 heteroatoms. The average Bonchev–Trinajstić information content (AvgIpc) is 2.98. The zero-order chi connectivity index (χ0) is 13.2. The summed E-state index contributed by atoms with van der Waals surface area (Å²) in [5.74, 6) is 0.751. The van der Waals surface area contributed by atoms with Crippen molar-refractivity contribution in [2.24, 2.45) is 5.92 Å². The molecule has 0 bridgehead atoms. The van der Waals surface area contributed by atoms with Crippen molar-refractivity contribution in [3.8, 4) is 0 Å². The molecule has 104 valence electrons. The Labute approximate surface area is 117 Å². The minimum Gasteiger partial charge on any atom is -0.315 e. The summed E-state index contributed by atoms with van der Waals surface area (Å²) >= 11 is 1.51. The Morgan fingerprint density at radius 1 is 1.63 bits per heavy atom. The molecule has 2 N–H and O–H groups in total. The van der Waals surface area contributed by atoms with Gasteiger partial charge in [0.15, 0.2) is 5.13 Å². The van der Waals surface area contributed by atoms with Crippen molar-refractivity contribution in [3.05, 3.63) is 11.1 Å². The van der Waals surface area contributed by atoms with Crippen LogP contribution >= 0.6 is 11.3 Å². The van der Waals surface area contributed by atoms with Gasteiger partial charge >= 0.3 is 0 Å². The molecule has 1 aromatic heterocycles. The summed E-state index contributed by atoms with van der Waals surface area (Å²) in [4.78, 5) is 18.0. The third-order valence-electron chi connectivity index (χ3n) is 3.99. The van der Waals surface area contributed by atoms with Crippen molar-refractivity contribution in [2.75, 3.05) is 25.0 Å². The van der Waals surface area contributed by atoms with Crippen LogP contribution in [0.3, 0.4) is 0 Å². The van der Waals surface area contributed by atoms with E-state index in [0.717, 1.165) is 37.8 Å². The van der Waals surface area contributed by atoms with E-state index < -0.39 is 0 Å². The van der Waals surface area contributed by atoms with Crippen LogP contribution in [0.2, 0.25) is 0 Å². The van der Waals surface area contributed by atoms with E-state index in [4.69, 9.17) is 0 Å². The van der Waals surface area contributed by atoms with Gasteiger partial charge in [-0.15, -0.1) is 11.3 Å². The molecule has 0 spiro atoms. The lowest BCUT2D eigenvalue weighted by Gasteiger charge is -2.36. The zero-order valence-corrected chi connectivity index (χ0v) is 12.0. The number of nitrogens with zero attached hydrogens (tertiary/aromatic N) is 2. The number of carbonyl (C=O) groups excluding carboxylic acids is 1. The van der Waals surface area contributed by atoms with Gasteiger partial charge in [-0.2, -0.15) is 0 Å². The number of aromatic nitrogens is 1. The van der Waals surface area contributed by atoms with Crippen molar-refractivity contribution in [1.82, 2.24) is 15.2 Å². The highest BCUT2D eigenvalue weighted by molar-refractivity contribution is 7.13. The highest BCUT2D eigenvalue weighted by atomic mass is 32.1. The van der Waals surface area contributed by atoms with E-state index in [0.29, 0.717) is 11.2 Å². The highest BCUT2D eigenvalue weighted by Crippen LogP contribution is 2.28. The van der Waals surface area contributed by atoms with Gasteiger partial charge < -0.3 is 10.6 Å². The van der Waals surface area contributed by atoms with E-state index in [-0.39, 0.29) is 5.91 Å². The minimum atomic E-state index is -0.0565. The fraction of sp³-hybridized carbons (Fsp3) is 0.692. The standard InChI is InChI=1S/C13H20N4OS/c1-9(18)15-13-16-11(8-19-13)7-17-4-2-3-10-5-14-6-12(10)17/h8,10,12,14H,2-7H2,1H3,(H,15,16,18). The maximum absolute atomic E-state index is 11.0. The summed E-state index contributed by atoms with van der Waals surface area (Å²) in [6, 6.07) is 0.666. The van der Waals surface area contributed by atoms with Crippen LogP contribution in [0, 0.1) is 5.92 Å². The van der Waals surface area contributed by atoms with Crippen molar-refractivity contribution in [2.45, 2.75) is 32.4 Å². The van der Waals surface area contributed by atoms with E-state index >= 15 is 0 Å².